The van der Waals surface area contributed by atoms with Crippen LogP contribution in [0, 0.1) is 11.8 Å². The molecule has 5 nitrogen and oxygen atoms in total. The molecule has 0 bridgehead atoms. The smallest absolute Gasteiger partial charge is 0.173 e. The SMILES string of the molecule is N/C(=N\O)c1cccnc1N1CCC2CCCCC2C1. The summed E-state index contributed by atoms with van der Waals surface area (Å²) < 4.78 is 0. The Morgan fingerprint density at radius 3 is 2.90 bits per heavy atom. The summed E-state index contributed by atoms with van der Waals surface area (Å²) in [6.07, 6.45) is 8.46. The summed E-state index contributed by atoms with van der Waals surface area (Å²) >= 11 is 0. The van der Waals surface area contributed by atoms with Crippen LogP contribution in [0.15, 0.2) is 23.5 Å². The van der Waals surface area contributed by atoms with E-state index in [0.29, 0.717) is 0 Å². The molecule has 0 spiro atoms. The van der Waals surface area contributed by atoms with Crippen molar-refractivity contribution in [2.24, 2.45) is 22.7 Å². The van der Waals surface area contributed by atoms with Crippen LogP contribution in [0.4, 0.5) is 5.82 Å². The van der Waals surface area contributed by atoms with Crippen molar-refractivity contribution in [2.75, 3.05) is 18.0 Å². The molecule has 2 heterocycles. The van der Waals surface area contributed by atoms with Crippen molar-refractivity contribution in [1.29, 1.82) is 0 Å². The van der Waals surface area contributed by atoms with E-state index in [9.17, 15) is 0 Å². The third-order valence-electron chi connectivity index (χ3n) is 4.76. The largest absolute Gasteiger partial charge is 0.409 e. The molecule has 3 N–H and O–H groups in total. The lowest BCUT2D eigenvalue weighted by atomic mass is 9.75. The summed E-state index contributed by atoms with van der Waals surface area (Å²) in [7, 11) is 0. The van der Waals surface area contributed by atoms with Gasteiger partial charge in [-0.05, 0) is 36.8 Å². The number of nitrogens with two attached hydrogens (primary N) is 1. The molecule has 0 aromatic carbocycles. The van der Waals surface area contributed by atoms with E-state index >= 15 is 0 Å². The molecule has 1 aliphatic carbocycles. The highest BCUT2D eigenvalue weighted by molar-refractivity contribution is 6.01. The Bertz CT molecular complexity index is 502. The molecule has 2 aliphatic rings. The molecule has 2 unspecified atom stereocenters. The second kappa shape index (κ2) is 5.69. The van der Waals surface area contributed by atoms with Crippen LogP contribution in [0.25, 0.3) is 0 Å². The molecule has 0 amide bonds. The first kappa shape index (κ1) is 13.2. The van der Waals surface area contributed by atoms with Crippen LogP contribution in [0.2, 0.25) is 0 Å². The van der Waals surface area contributed by atoms with Gasteiger partial charge in [-0.1, -0.05) is 24.4 Å². The zero-order valence-electron chi connectivity index (χ0n) is 11.7. The monoisotopic (exact) mass is 274 g/mol. The standard InChI is InChI=1S/C15H22N4O/c16-14(18-20)13-6-3-8-17-15(13)19-9-7-11-4-1-2-5-12(11)10-19/h3,6,8,11-12,20H,1-2,4-5,7,9-10H2,(H2,16,18). The minimum absolute atomic E-state index is 0.138. The van der Waals surface area contributed by atoms with Crippen LogP contribution in [0.5, 0.6) is 0 Å². The van der Waals surface area contributed by atoms with Crippen LogP contribution in [-0.4, -0.2) is 29.1 Å². The van der Waals surface area contributed by atoms with Crippen molar-refractivity contribution in [3.8, 4) is 0 Å². The number of pyridine rings is 1. The summed E-state index contributed by atoms with van der Waals surface area (Å²) in [5.41, 5.74) is 6.49. The highest BCUT2D eigenvalue weighted by Crippen LogP contribution is 2.37. The van der Waals surface area contributed by atoms with E-state index in [1.165, 1.54) is 32.1 Å². The van der Waals surface area contributed by atoms with Gasteiger partial charge in [-0.2, -0.15) is 0 Å². The van der Waals surface area contributed by atoms with Gasteiger partial charge in [-0.15, -0.1) is 0 Å². The zero-order valence-corrected chi connectivity index (χ0v) is 11.7. The predicted octanol–water partition coefficient (Wildman–Crippen LogP) is 2.19. The van der Waals surface area contributed by atoms with Gasteiger partial charge in [-0.25, -0.2) is 4.98 Å². The van der Waals surface area contributed by atoms with Gasteiger partial charge in [0, 0.05) is 19.3 Å². The molecule has 20 heavy (non-hydrogen) atoms. The number of hydrogen-bond acceptors (Lipinski definition) is 4. The number of fused-ring (bicyclic) bond motifs is 1. The maximum Gasteiger partial charge on any atom is 0.173 e. The molecular formula is C15H22N4O. The summed E-state index contributed by atoms with van der Waals surface area (Å²) in [5.74, 6) is 2.65. The summed E-state index contributed by atoms with van der Waals surface area (Å²) in [6, 6.07) is 3.69. The molecular weight excluding hydrogens is 252 g/mol. The number of oxime groups is 1. The van der Waals surface area contributed by atoms with Gasteiger partial charge < -0.3 is 15.8 Å². The number of piperidine rings is 1. The lowest BCUT2D eigenvalue weighted by molar-refractivity contribution is 0.202. The molecule has 1 aromatic rings. The van der Waals surface area contributed by atoms with Crippen LogP contribution in [0.1, 0.15) is 37.7 Å². The van der Waals surface area contributed by atoms with Crippen molar-refractivity contribution >= 4 is 11.7 Å². The number of aromatic nitrogens is 1. The number of amidine groups is 1. The summed E-state index contributed by atoms with van der Waals surface area (Å²) in [6.45, 7) is 2.07. The Morgan fingerprint density at radius 1 is 1.30 bits per heavy atom. The maximum atomic E-state index is 8.92. The molecule has 108 valence electrons. The van der Waals surface area contributed by atoms with Crippen LogP contribution in [0.3, 0.4) is 0 Å². The second-order valence-corrected chi connectivity index (χ2v) is 5.90. The third-order valence-corrected chi connectivity index (χ3v) is 4.76. The Labute approximate surface area is 119 Å². The third kappa shape index (κ3) is 2.44. The summed E-state index contributed by atoms with van der Waals surface area (Å²) in [4.78, 5) is 6.77. The van der Waals surface area contributed by atoms with Crippen LogP contribution >= 0.6 is 0 Å². The van der Waals surface area contributed by atoms with E-state index in [1.807, 2.05) is 12.1 Å². The van der Waals surface area contributed by atoms with E-state index in [2.05, 4.69) is 15.0 Å². The maximum absolute atomic E-state index is 8.92. The number of hydrogen-bond donors (Lipinski definition) is 2. The number of nitrogens with zero attached hydrogens (tertiary/aromatic N) is 3. The van der Waals surface area contributed by atoms with Gasteiger partial charge in [-0.3, -0.25) is 0 Å². The first-order valence-corrected chi connectivity index (χ1v) is 7.47. The lowest BCUT2D eigenvalue weighted by Gasteiger charge is -2.42. The first-order valence-electron chi connectivity index (χ1n) is 7.47. The fourth-order valence-corrected chi connectivity index (χ4v) is 3.70. The molecule has 3 rings (SSSR count). The fourth-order valence-electron chi connectivity index (χ4n) is 3.70. The topological polar surface area (TPSA) is 74.7 Å². The van der Waals surface area contributed by atoms with Gasteiger partial charge in [0.05, 0.1) is 5.56 Å². The van der Waals surface area contributed by atoms with Crippen molar-refractivity contribution in [3.05, 3.63) is 23.9 Å². The molecule has 1 saturated carbocycles. The molecule has 1 aromatic heterocycles. The van der Waals surface area contributed by atoms with Crippen molar-refractivity contribution in [2.45, 2.75) is 32.1 Å². The van der Waals surface area contributed by atoms with E-state index in [1.54, 1.807) is 6.20 Å². The highest BCUT2D eigenvalue weighted by Gasteiger charge is 2.32. The van der Waals surface area contributed by atoms with Crippen molar-refractivity contribution in [1.82, 2.24) is 4.98 Å². The minimum atomic E-state index is 0.138. The molecule has 2 atom stereocenters. The Balaban J connectivity index is 1.83. The van der Waals surface area contributed by atoms with Crippen LogP contribution < -0.4 is 10.6 Å². The van der Waals surface area contributed by atoms with E-state index < -0.39 is 0 Å². The van der Waals surface area contributed by atoms with Gasteiger partial charge in [0.2, 0.25) is 0 Å². The minimum Gasteiger partial charge on any atom is -0.409 e. The highest BCUT2D eigenvalue weighted by atomic mass is 16.4. The van der Waals surface area contributed by atoms with Gasteiger partial charge >= 0.3 is 0 Å². The van der Waals surface area contributed by atoms with Crippen LogP contribution in [-0.2, 0) is 0 Å². The predicted molar refractivity (Wildman–Crippen MR) is 79.0 cm³/mol. The molecule has 0 radical (unpaired) electrons. The normalized spacial score (nSPS) is 27.2. The molecule has 1 saturated heterocycles. The van der Waals surface area contributed by atoms with E-state index in [-0.39, 0.29) is 5.84 Å². The van der Waals surface area contributed by atoms with E-state index in [4.69, 9.17) is 10.9 Å². The Kier molecular flexibility index (Phi) is 3.76. The van der Waals surface area contributed by atoms with Crippen molar-refractivity contribution < 1.29 is 5.21 Å². The van der Waals surface area contributed by atoms with Crippen molar-refractivity contribution in [3.63, 3.8) is 0 Å². The second-order valence-electron chi connectivity index (χ2n) is 5.90. The average molecular weight is 274 g/mol. The Morgan fingerprint density at radius 2 is 2.10 bits per heavy atom. The lowest BCUT2D eigenvalue weighted by Crippen LogP contribution is -2.43. The first-order chi connectivity index (χ1) is 9.79. The summed E-state index contributed by atoms with van der Waals surface area (Å²) in [5, 5.41) is 12.0. The molecule has 5 heteroatoms. The van der Waals surface area contributed by atoms with Gasteiger partial charge in [0.15, 0.2) is 5.84 Å². The zero-order chi connectivity index (χ0) is 13.9. The van der Waals surface area contributed by atoms with E-state index in [0.717, 1.165) is 36.3 Å². The quantitative estimate of drug-likeness (QED) is 0.375. The van der Waals surface area contributed by atoms with Gasteiger partial charge in [0.1, 0.15) is 5.82 Å². The fraction of sp³-hybridized carbons (Fsp3) is 0.600. The number of anilines is 1. The average Bonchev–Trinajstić information content (AvgIpc) is 2.53. The molecule has 1 aliphatic heterocycles. The van der Waals surface area contributed by atoms with Gasteiger partial charge in [0.25, 0.3) is 0 Å². The molecule has 2 fully saturated rings. The Hall–Kier alpha value is -1.78. The number of rotatable bonds is 2.